The number of sulfonamides is 1. The molecule has 37 heavy (non-hydrogen) atoms. The summed E-state index contributed by atoms with van der Waals surface area (Å²) >= 11 is 0. The fourth-order valence-corrected chi connectivity index (χ4v) is 6.80. The fourth-order valence-electron chi connectivity index (χ4n) is 4.99. The summed E-state index contributed by atoms with van der Waals surface area (Å²) in [5.74, 6) is -0.0961. The van der Waals surface area contributed by atoms with Crippen LogP contribution in [-0.2, 0) is 41.3 Å². The number of aromatic nitrogens is 3. The molecule has 1 aliphatic heterocycles. The molecule has 0 spiro atoms. The van der Waals surface area contributed by atoms with E-state index in [1.807, 2.05) is 19.1 Å². The van der Waals surface area contributed by atoms with Gasteiger partial charge in [0, 0.05) is 13.1 Å². The topological polar surface area (TPSA) is 104 Å². The Morgan fingerprint density at radius 2 is 1.92 bits per heavy atom. The monoisotopic (exact) mass is 524 g/mol. The molecule has 3 aromatic rings. The van der Waals surface area contributed by atoms with E-state index in [1.54, 1.807) is 16.0 Å². The summed E-state index contributed by atoms with van der Waals surface area (Å²) in [6.07, 6.45) is 4.59. The van der Waals surface area contributed by atoms with Crippen molar-refractivity contribution in [1.82, 2.24) is 15.0 Å². The summed E-state index contributed by atoms with van der Waals surface area (Å²) in [5, 5.41) is 8.04. The molecule has 0 bridgehead atoms. The third kappa shape index (κ3) is 4.70. The van der Waals surface area contributed by atoms with Crippen LogP contribution < -0.4 is 9.04 Å². The van der Waals surface area contributed by atoms with Crippen molar-refractivity contribution in [1.29, 1.82) is 0 Å². The van der Waals surface area contributed by atoms with E-state index in [4.69, 9.17) is 9.47 Å². The van der Waals surface area contributed by atoms with Gasteiger partial charge in [0.05, 0.1) is 23.4 Å². The smallest absolute Gasteiger partial charge is 0.341 e. The molecule has 1 aromatic heterocycles. The van der Waals surface area contributed by atoms with Gasteiger partial charge in [0.25, 0.3) is 10.0 Å². The molecule has 0 amide bonds. The summed E-state index contributed by atoms with van der Waals surface area (Å²) in [7, 11) is -0.917. The minimum atomic E-state index is -3.96. The molecule has 0 radical (unpaired) electrons. The number of ether oxygens (including phenoxy) is 2. The van der Waals surface area contributed by atoms with Gasteiger partial charge in [0.2, 0.25) is 0 Å². The van der Waals surface area contributed by atoms with Gasteiger partial charge in [-0.15, -0.1) is 5.10 Å². The van der Waals surface area contributed by atoms with Crippen LogP contribution in [0.5, 0.6) is 5.75 Å². The normalized spacial score (nSPS) is 17.4. The molecule has 1 aliphatic carbocycles. The molecule has 1 saturated carbocycles. The first-order valence-electron chi connectivity index (χ1n) is 12.6. The van der Waals surface area contributed by atoms with E-state index in [0.29, 0.717) is 11.6 Å². The fraction of sp³-hybridized carbons (Fsp3) is 0.444. The van der Waals surface area contributed by atoms with Crippen LogP contribution in [0.3, 0.4) is 0 Å². The van der Waals surface area contributed by atoms with Gasteiger partial charge in [-0.3, -0.25) is 8.99 Å². The van der Waals surface area contributed by atoms with Crippen molar-refractivity contribution >= 4 is 21.7 Å². The van der Waals surface area contributed by atoms with Crippen LogP contribution in [0.2, 0.25) is 0 Å². The first-order chi connectivity index (χ1) is 17.7. The van der Waals surface area contributed by atoms with E-state index in [-0.39, 0.29) is 28.9 Å². The lowest BCUT2D eigenvalue weighted by Gasteiger charge is -2.38. The van der Waals surface area contributed by atoms with Crippen LogP contribution in [0.1, 0.15) is 59.1 Å². The Morgan fingerprint density at radius 1 is 1.14 bits per heavy atom. The number of carbonyl (C=O) groups is 1. The highest BCUT2D eigenvalue weighted by Crippen LogP contribution is 2.45. The molecular formula is C27H32N4O5S. The Kier molecular flexibility index (Phi) is 6.70. The second-order valence-electron chi connectivity index (χ2n) is 9.74. The highest BCUT2D eigenvalue weighted by Gasteiger charge is 2.44. The Balaban J connectivity index is 1.53. The van der Waals surface area contributed by atoms with Crippen molar-refractivity contribution in [2.75, 3.05) is 11.4 Å². The van der Waals surface area contributed by atoms with Gasteiger partial charge in [-0.25, -0.2) is 13.2 Å². The number of fused-ring (bicyclic) bond motifs is 1. The average molecular weight is 525 g/mol. The van der Waals surface area contributed by atoms with Crippen molar-refractivity contribution in [3.05, 3.63) is 64.5 Å². The number of nitrogens with zero attached hydrogens (tertiary/aromatic N) is 4. The van der Waals surface area contributed by atoms with Crippen molar-refractivity contribution in [2.45, 2.75) is 63.5 Å². The number of hydrogen-bond donors (Lipinski definition) is 0. The van der Waals surface area contributed by atoms with Gasteiger partial charge in [-0.1, -0.05) is 24.3 Å². The third-order valence-electron chi connectivity index (χ3n) is 7.45. The van der Waals surface area contributed by atoms with Gasteiger partial charge in [-0.05, 0) is 80.3 Å². The van der Waals surface area contributed by atoms with Crippen LogP contribution >= 0.6 is 0 Å². The Bertz CT molecular complexity index is 1440. The number of esters is 1. The number of rotatable bonds is 8. The second-order valence-corrected chi connectivity index (χ2v) is 11.6. The SMILES string of the molecule is CCc1ccc2c(c1)CCC(C1CC1)N2S(=O)(=O)c1ccc(OCc2nnn(C)c2C)c(C(=O)OC)c1. The minimum absolute atomic E-state index is 0.0361. The molecule has 9 nitrogen and oxygen atoms in total. The number of carbonyl (C=O) groups excluding carboxylic acids is 1. The Labute approximate surface area is 217 Å². The zero-order chi connectivity index (χ0) is 26.3. The molecule has 1 unspecified atom stereocenters. The molecule has 1 atom stereocenters. The van der Waals surface area contributed by atoms with Gasteiger partial charge in [-0.2, -0.15) is 0 Å². The number of benzene rings is 2. The maximum Gasteiger partial charge on any atom is 0.341 e. The molecule has 0 N–H and O–H groups in total. The largest absolute Gasteiger partial charge is 0.486 e. The predicted octanol–water partition coefficient (Wildman–Crippen LogP) is 3.97. The second kappa shape index (κ2) is 9.81. The number of aryl methyl sites for hydroxylation is 3. The van der Waals surface area contributed by atoms with Crippen molar-refractivity contribution in [3.8, 4) is 5.75 Å². The zero-order valence-corrected chi connectivity index (χ0v) is 22.4. The first kappa shape index (κ1) is 25.3. The van der Waals surface area contributed by atoms with Gasteiger partial charge >= 0.3 is 5.97 Å². The lowest BCUT2D eigenvalue weighted by Crippen LogP contribution is -2.45. The van der Waals surface area contributed by atoms with Crippen molar-refractivity contribution in [3.63, 3.8) is 0 Å². The molecular weight excluding hydrogens is 492 g/mol. The van der Waals surface area contributed by atoms with Crippen LogP contribution in [0.15, 0.2) is 41.3 Å². The summed E-state index contributed by atoms with van der Waals surface area (Å²) in [4.78, 5) is 12.7. The first-order valence-corrected chi connectivity index (χ1v) is 14.0. The van der Waals surface area contributed by atoms with Crippen LogP contribution in [0.25, 0.3) is 0 Å². The van der Waals surface area contributed by atoms with Gasteiger partial charge in [0.15, 0.2) is 0 Å². The van der Waals surface area contributed by atoms with Crippen LogP contribution in [0, 0.1) is 12.8 Å². The minimum Gasteiger partial charge on any atom is -0.486 e. The van der Waals surface area contributed by atoms with Gasteiger partial charge in [0.1, 0.15) is 23.6 Å². The predicted molar refractivity (Wildman–Crippen MR) is 138 cm³/mol. The zero-order valence-electron chi connectivity index (χ0n) is 21.6. The molecule has 2 aliphatic rings. The van der Waals surface area contributed by atoms with Crippen molar-refractivity contribution < 1.29 is 22.7 Å². The maximum atomic E-state index is 14.2. The molecule has 1 fully saturated rings. The van der Waals surface area contributed by atoms with Gasteiger partial charge < -0.3 is 9.47 Å². The lowest BCUT2D eigenvalue weighted by molar-refractivity contribution is 0.0595. The summed E-state index contributed by atoms with van der Waals surface area (Å²) in [5.41, 5.74) is 4.48. The highest BCUT2D eigenvalue weighted by molar-refractivity contribution is 7.92. The Hall–Kier alpha value is -3.40. The van der Waals surface area contributed by atoms with E-state index in [9.17, 15) is 13.2 Å². The molecule has 2 aromatic carbocycles. The van der Waals surface area contributed by atoms with Crippen LogP contribution in [-0.4, -0.2) is 42.5 Å². The van der Waals surface area contributed by atoms with E-state index in [0.717, 1.165) is 49.0 Å². The lowest BCUT2D eigenvalue weighted by atomic mass is 9.93. The Morgan fingerprint density at radius 3 is 2.57 bits per heavy atom. The quantitative estimate of drug-likeness (QED) is 0.411. The van der Waals surface area contributed by atoms with E-state index < -0.39 is 16.0 Å². The maximum absolute atomic E-state index is 14.2. The molecule has 2 heterocycles. The molecule has 10 heteroatoms. The summed E-state index contributed by atoms with van der Waals surface area (Å²) in [6.45, 7) is 4.04. The third-order valence-corrected chi connectivity index (χ3v) is 9.28. The van der Waals surface area contributed by atoms with E-state index in [2.05, 4.69) is 23.3 Å². The van der Waals surface area contributed by atoms with E-state index in [1.165, 1.54) is 30.9 Å². The van der Waals surface area contributed by atoms with E-state index >= 15 is 0 Å². The highest BCUT2D eigenvalue weighted by atomic mass is 32.2. The molecule has 0 saturated heterocycles. The number of anilines is 1. The van der Waals surface area contributed by atoms with Crippen LogP contribution in [0.4, 0.5) is 5.69 Å². The molecule has 196 valence electrons. The summed E-state index contributed by atoms with van der Waals surface area (Å²) in [6, 6.07) is 10.3. The number of methoxy groups -OCH3 is 1. The summed E-state index contributed by atoms with van der Waals surface area (Å²) < 4.78 is 42.4. The molecule has 5 rings (SSSR count). The number of hydrogen-bond acceptors (Lipinski definition) is 7. The van der Waals surface area contributed by atoms with Crippen molar-refractivity contribution in [2.24, 2.45) is 13.0 Å². The standard InChI is InChI=1S/C27H32N4O5S/c1-5-18-6-11-25-20(14-18)9-12-24(19-7-8-19)31(25)37(33,34)21-10-13-26(22(15-21)27(32)35-4)36-16-23-17(2)30(3)29-28-23/h6,10-11,13-15,19,24H,5,7-9,12,16H2,1-4H3. The average Bonchev–Trinajstić information content (AvgIpc) is 3.71.